The van der Waals surface area contributed by atoms with Gasteiger partial charge in [0.2, 0.25) is 0 Å². The Bertz CT molecular complexity index is 318. The zero-order valence-electron chi connectivity index (χ0n) is 14.9. The van der Waals surface area contributed by atoms with Gasteiger partial charge in [-0.15, -0.1) is 0 Å². The van der Waals surface area contributed by atoms with Gasteiger partial charge in [0.05, 0.1) is 13.2 Å². The molecule has 0 rings (SSSR count). The van der Waals surface area contributed by atoms with Gasteiger partial charge in [-0.25, -0.2) is 9.59 Å². The average molecular weight is 349 g/mol. The molecule has 0 aromatic carbocycles. The first-order valence-electron chi connectivity index (χ1n) is 7.89. The van der Waals surface area contributed by atoms with E-state index < -0.39 is 16.5 Å². The molecule has 0 fully saturated rings. The predicted molar refractivity (Wildman–Crippen MR) is 94.1 cm³/mol. The van der Waals surface area contributed by atoms with E-state index >= 15 is 0 Å². The van der Waals surface area contributed by atoms with Gasteiger partial charge in [-0.05, 0) is 25.7 Å². The predicted octanol–water partition coefficient (Wildman–Crippen LogP) is 3.67. The molecule has 0 aromatic rings. The molecule has 130 valence electrons. The summed E-state index contributed by atoms with van der Waals surface area (Å²) in [7, 11) is -3.22. The Morgan fingerprint density at radius 2 is 1.00 bits per heavy atom. The third-order valence-electron chi connectivity index (χ3n) is 2.46. The van der Waals surface area contributed by atoms with Crippen molar-refractivity contribution in [3.05, 3.63) is 0 Å². The molecule has 2 N–H and O–H groups in total. The molecular formula is C14H32N2O4Si2. The molecule has 0 radical (unpaired) electrons. The van der Waals surface area contributed by atoms with E-state index in [-0.39, 0.29) is 12.2 Å². The van der Waals surface area contributed by atoms with E-state index in [0.29, 0.717) is 13.2 Å². The molecule has 0 heterocycles. The van der Waals surface area contributed by atoms with Gasteiger partial charge in [0.1, 0.15) is 0 Å². The summed E-state index contributed by atoms with van der Waals surface area (Å²) < 4.78 is 10.2. The average Bonchev–Trinajstić information content (AvgIpc) is 2.27. The highest BCUT2D eigenvalue weighted by molar-refractivity contribution is 6.76. The molecule has 0 saturated carbocycles. The lowest BCUT2D eigenvalue weighted by molar-refractivity contribution is 0.144. The minimum Gasteiger partial charge on any atom is -0.450 e. The van der Waals surface area contributed by atoms with Crippen molar-refractivity contribution in [1.82, 2.24) is 9.96 Å². The number of unbranched alkanes of at least 4 members (excludes halogenated alkanes) is 3. The second-order valence-electron chi connectivity index (χ2n) is 7.44. The lowest BCUT2D eigenvalue weighted by atomic mass is 10.2. The Balaban J connectivity index is 3.45. The summed E-state index contributed by atoms with van der Waals surface area (Å²) in [6.07, 6.45) is 2.95. The highest BCUT2D eigenvalue weighted by Gasteiger charge is 2.18. The van der Waals surface area contributed by atoms with Gasteiger partial charge in [-0.1, -0.05) is 39.3 Å². The Labute approximate surface area is 136 Å². The number of ether oxygens (including phenoxy) is 2. The van der Waals surface area contributed by atoms with Gasteiger partial charge in [0.25, 0.3) is 0 Å². The molecule has 6 nitrogen and oxygen atoms in total. The van der Waals surface area contributed by atoms with Gasteiger partial charge in [0.15, 0.2) is 16.5 Å². The lowest BCUT2D eigenvalue weighted by Gasteiger charge is -2.17. The fraction of sp³-hybridized carbons (Fsp3) is 0.857. The van der Waals surface area contributed by atoms with E-state index in [1.54, 1.807) is 0 Å². The maximum absolute atomic E-state index is 11.4. The topological polar surface area (TPSA) is 76.7 Å². The number of amides is 2. The monoisotopic (exact) mass is 348 g/mol. The van der Waals surface area contributed by atoms with Crippen molar-refractivity contribution in [2.45, 2.75) is 65.0 Å². The van der Waals surface area contributed by atoms with Crippen LogP contribution in [0, 0.1) is 0 Å². The van der Waals surface area contributed by atoms with Crippen LogP contribution in [0.5, 0.6) is 0 Å². The molecule has 0 saturated heterocycles. The maximum atomic E-state index is 11.4. The fourth-order valence-corrected chi connectivity index (χ4v) is 2.94. The first-order valence-corrected chi connectivity index (χ1v) is 14.9. The molecule has 0 aliphatic rings. The molecule has 0 bridgehead atoms. The molecule has 2 amide bonds. The number of hydrogen-bond donors (Lipinski definition) is 2. The van der Waals surface area contributed by atoms with Crippen molar-refractivity contribution in [3.8, 4) is 0 Å². The molecule has 0 aliphatic carbocycles. The minimum absolute atomic E-state index is 0.314. The highest BCUT2D eigenvalue weighted by Crippen LogP contribution is 2.02. The van der Waals surface area contributed by atoms with Gasteiger partial charge in [-0.3, -0.25) is 0 Å². The van der Waals surface area contributed by atoms with Crippen LogP contribution in [0.1, 0.15) is 25.7 Å². The van der Waals surface area contributed by atoms with Gasteiger partial charge in [0, 0.05) is 0 Å². The SMILES string of the molecule is C[Si](C)(C)NC(=O)OCCCCCCOC(=O)N[Si](C)(C)C. The summed E-state index contributed by atoms with van der Waals surface area (Å²) in [5.41, 5.74) is 0. The van der Waals surface area contributed by atoms with Crippen molar-refractivity contribution in [2.24, 2.45) is 0 Å². The number of hydrogen-bond acceptors (Lipinski definition) is 4. The Morgan fingerprint density at radius 1 is 0.682 bits per heavy atom. The summed E-state index contributed by atoms with van der Waals surface area (Å²) in [6, 6.07) is 0. The summed E-state index contributed by atoms with van der Waals surface area (Å²) in [4.78, 5) is 28.6. The first kappa shape index (κ1) is 21.0. The van der Waals surface area contributed by atoms with Crippen LogP contribution in [0.4, 0.5) is 9.59 Å². The summed E-state index contributed by atoms with van der Waals surface area (Å²) in [5, 5.41) is 0. The van der Waals surface area contributed by atoms with E-state index in [1.165, 1.54) is 0 Å². The van der Waals surface area contributed by atoms with Crippen LogP contribution >= 0.6 is 0 Å². The molecule has 0 atom stereocenters. The quantitative estimate of drug-likeness (QED) is 0.492. The second-order valence-corrected chi connectivity index (χ2v) is 16.9. The third-order valence-corrected chi connectivity index (χ3v) is 4.37. The van der Waals surface area contributed by atoms with Gasteiger partial charge < -0.3 is 19.4 Å². The van der Waals surface area contributed by atoms with Crippen molar-refractivity contribution >= 4 is 28.7 Å². The fourth-order valence-electron chi connectivity index (χ4n) is 1.57. The molecule has 0 unspecified atom stereocenters. The largest absolute Gasteiger partial charge is 0.450 e. The zero-order chi connectivity index (χ0) is 17.2. The van der Waals surface area contributed by atoms with Crippen molar-refractivity contribution < 1.29 is 19.1 Å². The van der Waals surface area contributed by atoms with Gasteiger partial charge in [-0.2, -0.15) is 0 Å². The van der Waals surface area contributed by atoms with Crippen LogP contribution in [0.3, 0.4) is 0 Å². The van der Waals surface area contributed by atoms with E-state index in [2.05, 4.69) is 9.96 Å². The number of rotatable bonds is 9. The van der Waals surface area contributed by atoms with Crippen LogP contribution in [-0.2, 0) is 9.47 Å². The Morgan fingerprint density at radius 3 is 1.27 bits per heavy atom. The third kappa shape index (κ3) is 15.4. The van der Waals surface area contributed by atoms with E-state index in [0.717, 1.165) is 25.7 Å². The zero-order valence-corrected chi connectivity index (χ0v) is 16.9. The highest BCUT2D eigenvalue weighted by atomic mass is 28.3. The molecule has 0 spiro atoms. The molecule has 8 heteroatoms. The van der Waals surface area contributed by atoms with E-state index in [4.69, 9.17) is 9.47 Å². The standard InChI is InChI=1S/C14H32N2O4Si2/c1-21(2,3)15-13(17)19-11-9-7-8-10-12-20-14(18)16-22(4,5)6/h7-12H2,1-6H3,(H,15,17)(H,16,18). The van der Waals surface area contributed by atoms with Gasteiger partial charge >= 0.3 is 12.2 Å². The minimum atomic E-state index is -1.61. The molecule has 0 aliphatic heterocycles. The normalized spacial score (nSPS) is 11.7. The lowest BCUT2D eigenvalue weighted by Crippen LogP contribution is -2.45. The molecule has 0 aromatic heterocycles. The van der Waals surface area contributed by atoms with Crippen molar-refractivity contribution in [2.75, 3.05) is 13.2 Å². The van der Waals surface area contributed by atoms with Crippen LogP contribution in [0.15, 0.2) is 0 Å². The number of carbonyl (C=O) groups is 2. The van der Waals surface area contributed by atoms with E-state index in [9.17, 15) is 9.59 Å². The Kier molecular flexibility index (Phi) is 9.42. The summed E-state index contributed by atoms with van der Waals surface area (Å²) in [5.74, 6) is 0. The van der Waals surface area contributed by atoms with Crippen LogP contribution < -0.4 is 9.96 Å². The van der Waals surface area contributed by atoms with Crippen LogP contribution in [0.2, 0.25) is 39.3 Å². The second kappa shape index (κ2) is 9.88. The van der Waals surface area contributed by atoms with Crippen LogP contribution in [-0.4, -0.2) is 41.9 Å². The smallest absolute Gasteiger partial charge is 0.399 e. The maximum Gasteiger partial charge on any atom is 0.399 e. The van der Waals surface area contributed by atoms with Crippen molar-refractivity contribution in [1.29, 1.82) is 0 Å². The Hall–Kier alpha value is -1.03. The summed E-state index contributed by atoms with van der Waals surface area (Å²) >= 11 is 0. The molecular weight excluding hydrogens is 316 g/mol. The summed E-state index contributed by atoms with van der Waals surface area (Å²) in [6.45, 7) is 13.2. The van der Waals surface area contributed by atoms with Crippen LogP contribution in [0.25, 0.3) is 0 Å². The number of carbonyl (C=O) groups excluding carboxylic acids is 2. The first-order chi connectivity index (χ1) is 9.99. The number of nitrogens with one attached hydrogen (secondary N) is 2. The molecule has 22 heavy (non-hydrogen) atoms. The van der Waals surface area contributed by atoms with E-state index in [1.807, 2.05) is 39.3 Å². The van der Waals surface area contributed by atoms with Crippen molar-refractivity contribution in [3.63, 3.8) is 0 Å².